The summed E-state index contributed by atoms with van der Waals surface area (Å²) in [6.45, 7) is 1.88. The molecular weight excluding hydrogens is 270 g/mol. The number of rotatable bonds is 6. The fourth-order valence-corrected chi connectivity index (χ4v) is 2.76. The third-order valence-corrected chi connectivity index (χ3v) is 4.10. The number of aliphatic hydroxyl groups excluding tert-OH is 1. The van der Waals surface area contributed by atoms with E-state index in [9.17, 15) is 8.42 Å². The van der Waals surface area contributed by atoms with E-state index < -0.39 is 16.1 Å². The molecule has 2 aromatic heterocycles. The number of hydrogen-bond donors (Lipinski definition) is 3. The zero-order valence-corrected chi connectivity index (χ0v) is 11.1. The van der Waals surface area contributed by atoms with Gasteiger partial charge in [0.05, 0.1) is 25.5 Å². The lowest BCUT2D eigenvalue weighted by Crippen LogP contribution is -2.26. The Bertz CT molecular complexity index is 619. The van der Waals surface area contributed by atoms with Gasteiger partial charge in [0.1, 0.15) is 4.90 Å². The number of aromatic nitrogens is 4. The van der Waals surface area contributed by atoms with E-state index in [0.717, 1.165) is 5.56 Å². The van der Waals surface area contributed by atoms with Crippen LogP contribution in [0.25, 0.3) is 0 Å². The molecule has 0 fully saturated rings. The highest BCUT2D eigenvalue weighted by Gasteiger charge is 2.20. The molecule has 2 heterocycles. The van der Waals surface area contributed by atoms with Gasteiger partial charge in [0, 0.05) is 24.0 Å². The molecule has 0 aliphatic carbocycles. The van der Waals surface area contributed by atoms with Crippen LogP contribution in [-0.2, 0) is 16.6 Å². The second-order valence-corrected chi connectivity index (χ2v) is 5.75. The summed E-state index contributed by atoms with van der Waals surface area (Å²) in [4.78, 5) is 0.0660. The van der Waals surface area contributed by atoms with Crippen molar-refractivity contribution in [2.75, 3.05) is 6.61 Å². The molecule has 0 radical (unpaired) electrons. The maximum Gasteiger partial charge on any atom is 0.244 e. The summed E-state index contributed by atoms with van der Waals surface area (Å²) in [6.07, 6.45) is 5.81. The number of H-pyrrole nitrogens is 1. The Kier molecular flexibility index (Phi) is 3.98. The van der Waals surface area contributed by atoms with E-state index in [-0.39, 0.29) is 18.0 Å². The van der Waals surface area contributed by atoms with Crippen LogP contribution in [0.5, 0.6) is 0 Å². The zero-order chi connectivity index (χ0) is 13.9. The van der Waals surface area contributed by atoms with Crippen molar-refractivity contribution in [3.63, 3.8) is 0 Å². The minimum atomic E-state index is -3.64. The van der Waals surface area contributed by atoms with E-state index in [1.807, 2.05) is 0 Å². The molecule has 0 bridgehead atoms. The first-order valence-corrected chi connectivity index (χ1v) is 7.15. The van der Waals surface area contributed by atoms with Crippen LogP contribution in [-0.4, -0.2) is 40.1 Å². The van der Waals surface area contributed by atoms with Gasteiger partial charge in [-0.05, 0) is 6.92 Å². The van der Waals surface area contributed by atoms with Gasteiger partial charge in [-0.25, -0.2) is 13.1 Å². The molecule has 0 aliphatic heterocycles. The van der Waals surface area contributed by atoms with Crippen LogP contribution in [0.3, 0.4) is 0 Å². The Morgan fingerprint density at radius 1 is 1.53 bits per heavy atom. The Morgan fingerprint density at radius 2 is 2.32 bits per heavy atom. The average molecular weight is 285 g/mol. The second-order valence-electron chi connectivity index (χ2n) is 4.04. The summed E-state index contributed by atoms with van der Waals surface area (Å²) < 4.78 is 28.1. The molecule has 1 unspecified atom stereocenters. The highest BCUT2D eigenvalue weighted by molar-refractivity contribution is 7.89. The van der Waals surface area contributed by atoms with E-state index in [2.05, 4.69) is 20.0 Å². The molecule has 0 aliphatic rings. The van der Waals surface area contributed by atoms with Crippen LogP contribution < -0.4 is 4.72 Å². The van der Waals surface area contributed by atoms with Crippen molar-refractivity contribution >= 4 is 10.0 Å². The van der Waals surface area contributed by atoms with Crippen LogP contribution in [0.4, 0.5) is 0 Å². The molecule has 2 rings (SSSR count). The van der Waals surface area contributed by atoms with Crippen LogP contribution in [0.1, 0.15) is 18.5 Å². The fourth-order valence-electron chi connectivity index (χ4n) is 1.57. The van der Waals surface area contributed by atoms with E-state index in [0.29, 0.717) is 0 Å². The van der Waals surface area contributed by atoms with Gasteiger partial charge >= 0.3 is 0 Å². The summed E-state index contributed by atoms with van der Waals surface area (Å²) in [5.74, 6) is 0. The SMILES string of the molecule is CC(NS(=O)(=O)c1cnn(CCO)c1)c1cn[nH]c1. The first kappa shape index (κ1) is 13.7. The average Bonchev–Trinajstić information content (AvgIpc) is 2.99. The Hall–Kier alpha value is -1.71. The van der Waals surface area contributed by atoms with Crippen molar-refractivity contribution in [3.05, 3.63) is 30.4 Å². The molecule has 3 N–H and O–H groups in total. The molecule has 0 amide bonds. The first-order valence-electron chi connectivity index (χ1n) is 5.67. The summed E-state index contributed by atoms with van der Waals surface area (Å²) in [7, 11) is -3.64. The van der Waals surface area contributed by atoms with Gasteiger partial charge in [0.2, 0.25) is 10.0 Å². The topological polar surface area (TPSA) is 113 Å². The molecule has 0 saturated heterocycles. The molecule has 0 aromatic carbocycles. The lowest BCUT2D eigenvalue weighted by molar-refractivity contribution is 0.269. The second kappa shape index (κ2) is 5.51. The van der Waals surface area contributed by atoms with Crippen molar-refractivity contribution in [3.8, 4) is 0 Å². The summed E-state index contributed by atoms with van der Waals surface area (Å²) >= 11 is 0. The highest BCUT2D eigenvalue weighted by Crippen LogP contribution is 2.15. The summed E-state index contributed by atoms with van der Waals surface area (Å²) in [5.41, 5.74) is 0.742. The third kappa shape index (κ3) is 3.19. The molecule has 0 spiro atoms. The van der Waals surface area contributed by atoms with Crippen molar-refractivity contribution < 1.29 is 13.5 Å². The zero-order valence-electron chi connectivity index (χ0n) is 10.3. The lowest BCUT2D eigenvalue weighted by atomic mass is 10.2. The maximum atomic E-state index is 12.1. The predicted molar refractivity (Wildman–Crippen MR) is 66.6 cm³/mol. The number of aliphatic hydroxyl groups is 1. The van der Waals surface area contributed by atoms with Crippen LogP contribution >= 0.6 is 0 Å². The number of nitrogens with one attached hydrogen (secondary N) is 2. The standard InChI is InChI=1S/C10H15N5O3S/c1-8(9-4-11-12-5-9)14-19(17,18)10-6-13-15(7-10)2-3-16/h4-8,14,16H,2-3H2,1H3,(H,11,12). The maximum absolute atomic E-state index is 12.1. The fraction of sp³-hybridized carbons (Fsp3) is 0.400. The van der Waals surface area contributed by atoms with Gasteiger partial charge in [-0.3, -0.25) is 9.78 Å². The van der Waals surface area contributed by atoms with Crippen LogP contribution in [0.2, 0.25) is 0 Å². The lowest BCUT2D eigenvalue weighted by Gasteiger charge is -2.11. The largest absolute Gasteiger partial charge is 0.394 e. The Labute approximate surface area is 110 Å². The minimum absolute atomic E-state index is 0.0660. The van der Waals surface area contributed by atoms with Crippen molar-refractivity contribution in [1.82, 2.24) is 24.7 Å². The minimum Gasteiger partial charge on any atom is -0.394 e. The van der Waals surface area contributed by atoms with E-state index in [1.54, 1.807) is 19.3 Å². The molecule has 104 valence electrons. The van der Waals surface area contributed by atoms with Gasteiger partial charge in [-0.15, -0.1) is 0 Å². The number of sulfonamides is 1. The van der Waals surface area contributed by atoms with Crippen molar-refractivity contribution in [2.24, 2.45) is 0 Å². The normalized spacial score (nSPS) is 13.6. The number of hydrogen-bond acceptors (Lipinski definition) is 5. The summed E-state index contributed by atoms with van der Waals surface area (Å²) in [5, 5.41) is 19.0. The third-order valence-electron chi connectivity index (χ3n) is 2.60. The molecule has 19 heavy (non-hydrogen) atoms. The van der Waals surface area contributed by atoms with Crippen molar-refractivity contribution in [2.45, 2.75) is 24.4 Å². The monoisotopic (exact) mass is 285 g/mol. The van der Waals surface area contributed by atoms with Gasteiger partial charge in [0.25, 0.3) is 0 Å². The first-order chi connectivity index (χ1) is 9.03. The van der Waals surface area contributed by atoms with Crippen LogP contribution in [0.15, 0.2) is 29.7 Å². The highest BCUT2D eigenvalue weighted by atomic mass is 32.2. The quantitative estimate of drug-likeness (QED) is 0.670. The van der Waals surface area contributed by atoms with Gasteiger partial charge < -0.3 is 5.11 Å². The van der Waals surface area contributed by atoms with Gasteiger partial charge in [-0.2, -0.15) is 10.2 Å². The van der Waals surface area contributed by atoms with E-state index >= 15 is 0 Å². The molecular formula is C10H15N5O3S. The number of aromatic amines is 1. The molecule has 1 atom stereocenters. The van der Waals surface area contributed by atoms with Gasteiger partial charge in [0.15, 0.2) is 0 Å². The number of nitrogens with zero attached hydrogens (tertiary/aromatic N) is 3. The van der Waals surface area contributed by atoms with Gasteiger partial charge in [-0.1, -0.05) is 0 Å². The Morgan fingerprint density at radius 3 is 2.95 bits per heavy atom. The van der Waals surface area contributed by atoms with E-state index in [1.165, 1.54) is 17.1 Å². The molecule has 0 saturated carbocycles. The molecule has 2 aromatic rings. The summed E-state index contributed by atoms with van der Waals surface area (Å²) in [6, 6.07) is -0.398. The molecule has 9 heteroatoms. The Balaban J connectivity index is 2.13. The molecule has 8 nitrogen and oxygen atoms in total. The van der Waals surface area contributed by atoms with E-state index in [4.69, 9.17) is 5.11 Å². The van der Waals surface area contributed by atoms with Crippen LogP contribution in [0, 0.1) is 0 Å². The predicted octanol–water partition coefficient (Wildman–Crippen LogP) is -0.362. The van der Waals surface area contributed by atoms with Crippen molar-refractivity contribution in [1.29, 1.82) is 0 Å². The smallest absolute Gasteiger partial charge is 0.244 e.